The average molecular weight is 365 g/mol. The van der Waals surface area contributed by atoms with E-state index in [0.717, 1.165) is 5.92 Å². The van der Waals surface area contributed by atoms with E-state index in [-0.39, 0.29) is 5.41 Å². The third kappa shape index (κ3) is 4.28. The molecule has 1 aromatic carbocycles. The van der Waals surface area contributed by atoms with Crippen molar-refractivity contribution in [2.24, 2.45) is 7.05 Å². The van der Waals surface area contributed by atoms with E-state index in [1.54, 1.807) is 11.1 Å². The first-order valence-electron chi connectivity index (χ1n) is 10.8. The quantitative estimate of drug-likeness (QED) is 0.518. The SMILES string of the molecule is Cc1cc(C(C)(C)C)ccc1-c1cc(C(C)C)c(C2CCCCC2)c[n+]1C. The molecule has 1 aliphatic carbocycles. The van der Waals surface area contributed by atoms with Crippen molar-refractivity contribution in [3.63, 3.8) is 0 Å². The van der Waals surface area contributed by atoms with Gasteiger partial charge in [-0.15, -0.1) is 0 Å². The van der Waals surface area contributed by atoms with E-state index in [0.29, 0.717) is 5.92 Å². The van der Waals surface area contributed by atoms with Crippen LogP contribution in [0.5, 0.6) is 0 Å². The first-order valence-corrected chi connectivity index (χ1v) is 10.8. The molecular weight excluding hydrogens is 326 g/mol. The van der Waals surface area contributed by atoms with E-state index in [1.807, 2.05) is 0 Å². The van der Waals surface area contributed by atoms with E-state index in [2.05, 4.69) is 83.6 Å². The second-order valence-corrected chi connectivity index (χ2v) is 9.95. The molecule has 0 spiro atoms. The predicted molar refractivity (Wildman–Crippen MR) is 116 cm³/mol. The molecule has 0 bridgehead atoms. The molecule has 3 rings (SSSR count). The Labute approximate surface area is 166 Å². The summed E-state index contributed by atoms with van der Waals surface area (Å²) in [6.45, 7) is 13.8. The molecule has 1 aliphatic rings. The van der Waals surface area contributed by atoms with E-state index >= 15 is 0 Å². The van der Waals surface area contributed by atoms with E-state index < -0.39 is 0 Å². The molecule has 1 nitrogen and oxygen atoms in total. The molecule has 0 aliphatic heterocycles. The van der Waals surface area contributed by atoms with Gasteiger partial charge < -0.3 is 0 Å². The molecule has 27 heavy (non-hydrogen) atoms. The highest BCUT2D eigenvalue weighted by Gasteiger charge is 2.26. The fraction of sp³-hybridized carbons (Fsp3) is 0.577. The highest BCUT2D eigenvalue weighted by atomic mass is 14.9. The summed E-state index contributed by atoms with van der Waals surface area (Å²) < 4.78 is 2.37. The van der Waals surface area contributed by atoms with Crippen molar-refractivity contribution >= 4 is 0 Å². The maximum atomic E-state index is 2.48. The number of pyridine rings is 1. The summed E-state index contributed by atoms with van der Waals surface area (Å²) in [6.07, 6.45) is 9.35. The van der Waals surface area contributed by atoms with E-state index in [1.165, 1.54) is 54.5 Å². The molecule has 1 heteroatoms. The fourth-order valence-corrected chi connectivity index (χ4v) is 4.63. The second kappa shape index (κ2) is 7.78. The normalized spacial score (nSPS) is 16.1. The van der Waals surface area contributed by atoms with Gasteiger partial charge in [0.1, 0.15) is 7.05 Å². The molecule has 0 unspecified atom stereocenters. The van der Waals surface area contributed by atoms with Gasteiger partial charge in [-0.3, -0.25) is 0 Å². The number of hydrogen-bond acceptors (Lipinski definition) is 0. The van der Waals surface area contributed by atoms with Crippen LogP contribution in [0.15, 0.2) is 30.5 Å². The topological polar surface area (TPSA) is 3.88 Å². The molecule has 1 fully saturated rings. The summed E-state index contributed by atoms with van der Waals surface area (Å²) in [7, 11) is 2.23. The summed E-state index contributed by atoms with van der Waals surface area (Å²) in [5, 5.41) is 0. The van der Waals surface area contributed by atoms with Gasteiger partial charge in [0, 0.05) is 17.2 Å². The van der Waals surface area contributed by atoms with Gasteiger partial charge in [-0.1, -0.05) is 66.0 Å². The zero-order valence-electron chi connectivity index (χ0n) is 18.5. The minimum atomic E-state index is 0.194. The van der Waals surface area contributed by atoms with Gasteiger partial charge >= 0.3 is 0 Å². The lowest BCUT2D eigenvalue weighted by Gasteiger charge is -2.25. The van der Waals surface area contributed by atoms with Gasteiger partial charge in [0.15, 0.2) is 6.20 Å². The molecule has 0 amide bonds. The number of hydrogen-bond donors (Lipinski definition) is 0. The van der Waals surface area contributed by atoms with Crippen LogP contribution in [0.25, 0.3) is 11.3 Å². The maximum Gasteiger partial charge on any atom is 0.212 e. The van der Waals surface area contributed by atoms with Crippen LogP contribution in [0.3, 0.4) is 0 Å². The Morgan fingerprint density at radius 1 is 1.00 bits per heavy atom. The lowest BCUT2D eigenvalue weighted by atomic mass is 9.80. The van der Waals surface area contributed by atoms with Gasteiger partial charge in [-0.2, -0.15) is 0 Å². The Morgan fingerprint density at radius 2 is 1.67 bits per heavy atom. The van der Waals surface area contributed by atoms with Gasteiger partial charge in [-0.05, 0) is 59.8 Å². The minimum Gasteiger partial charge on any atom is -0.201 e. The fourth-order valence-electron chi connectivity index (χ4n) is 4.63. The molecule has 146 valence electrons. The zero-order chi connectivity index (χ0) is 19.8. The average Bonchev–Trinajstić information content (AvgIpc) is 2.61. The van der Waals surface area contributed by atoms with Crippen LogP contribution in [0.2, 0.25) is 0 Å². The molecular formula is C26H38N+. The van der Waals surface area contributed by atoms with Crippen LogP contribution in [0.1, 0.15) is 101 Å². The minimum absolute atomic E-state index is 0.194. The van der Waals surface area contributed by atoms with Crippen molar-refractivity contribution in [3.8, 4) is 11.3 Å². The molecule has 0 radical (unpaired) electrons. The van der Waals surface area contributed by atoms with E-state index in [9.17, 15) is 0 Å². The van der Waals surface area contributed by atoms with Crippen molar-refractivity contribution in [1.82, 2.24) is 0 Å². The summed E-state index contributed by atoms with van der Waals surface area (Å²) in [6, 6.07) is 9.50. The number of aryl methyl sites for hydroxylation is 2. The van der Waals surface area contributed by atoms with Crippen LogP contribution in [-0.4, -0.2) is 0 Å². The van der Waals surface area contributed by atoms with Crippen molar-refractivity contribution in [2.75, 3.05) is 0 Å². The third-order valence-electron chi connectivity index (χ3n) is 6.37. The standard InChI is InChI=1S/C26H38N/c1-18(2)23-16-25(22-14-13-21(15-19(22)3)26(4,5)6)27(7)17-24(23)20-11-9-8-10-12-20/h13-18,20H,8-12H2,1-7H3/q+1. The third-order valence-corrected chi connectivity index (χ3v) is 6.37. The monoisotopic (exact) mass is 364 g/mol. The maximum absolute atomic E-state index is 2.48. The first-order chi connectivity index (χ1) is 12.7. The van der Waals surface area contributed by atoms with Crippen LogP contribution < -0.4 is 4.57 Å². The van der Waals surface area contributed by atoms with Crippen molar-refractivity contribution < 1.29 is 4.57 Å². The lowest BCUT2D eigenvalue weighted by molar-refractivity contribution is -0.661. The van der Waals surface area contributed by atoms with Gasteiger partial charge in [0.05, 0.1) is 0 Å². The first kappa shape index (κ1) is 20.1. The molecule has 2 aromatic rings. The largest absolute Gasteiger partial charge is 0.212 e. The lowest BCUT2D eigenvalue weighted by Crippen LogP contribution is -2.33. The summed E-state index contributed by atoms with van der Waals surface area (Å²) >= 11 is 0. The van der Waals surface area contributed by atoms with Crippen LogP contribution in [0.4, 0.5) is 0 Å². The molecule has 1 saturated carbocycles. The second-order valence-electron chi connectivity index (χ2n) is 9.95. The van der Waals surface area contributed by atoms with Gasteiger partial charge in [-0.25, -0.2) is 4.57 Å². The van der Waals surface area contributed by atoms with Crippen LogP contribution in [0, 0.1) is 6.92 Å². The number of rotatable bonds is 3. The molecule has 0 saturated heterocycles. The molecule has 0 atom stereocenters. The Bertz CT molecular complexity index is 802. The zero-order valence-corrected chi connectivity index (χ0v) is 18.5. The Morgan fingerprint density at radius 3 is 2.22 bits per heavy atom. The Balaban J connectivity index is 2.07. The number of benzene rings is 1. The predicted octanol–water partition coefficient (Wildman–Crippen LogP) is 6.96. The van der Waals surface area contributed by atoms with Crippen LogP contribution >= 0.6 is 0 Å². The van der Waals surface area contributed by atoms with E-state index in [4.69, 9.17) is 0 Å². The van der Waals surface area contributed by atoms with Gasteiger partial charge in [0.2, 0.25) is 5.69 Å². The number of aromatic nitrogens is 1. The smallest absolute Gasteiger partial charge is 0.201 e. The van der Waals surface area contributed by atoms with Crippen molar-refractivity contribution in [1.29, 1.82) is 0 Å². The molecule has 0 N–H and O–H groups in total. The van der Waals surface area contributed by atoms with Crippen LogP contribution in [-0.2, 0) is 12.5 Å². The Kier molecular flexibility index (Phi) is 5.79. The summed E-state index contributed by atoms with van der Waals surface area (Å²) in [5.41, 5.74) is 8.83. The highest BCUT2D eigenvalue weighted by molar-refractivity contribution is 5.63. The summed E-state index contributed by atoms with van der Waals surface area (Å²) in [5.74, 6) is 1.32. The molecule has 1 aromatic heterocycles. The van der Waals surface area contributed by atoms with Crippen molar-refractivity contribution in [2.45, 2.75) is 90.9 Å². The number of nitrogens with zero attached hydrogens (tertiary/aromatic N) is 1. The summed E-state index contributed by atoms with van der Waals surface area (Å²) in [4.78, 5) is 0. The van der Waals surface area contributed by atoms with Crippen molar-refractivity contribution in [3.05, 3.63) is 52.7 Å². The molecule has 1 heterocycles. The highest BCUT2D eigenvalue weighted by Crippen LogP contribution is 2.37. The Hall–Kier alpha value is -1.63. The van der Waals surface area contributed by atoms with Gasteiger partial charge in [0.25, 0.3) is 0 Å².